The van der Waals surface area contributed by atoms with Crippen LogP contribution in [0, 0.1) is 22.7 Å². The standard InChI is InChI=1S/C21H23ClO/c1-20-11-4-3-5-14(20)6-7-15-16-8-9-18(19(22)13-23)21(16,2)12-10-17(15)20/h3-6,9-11,13,15-16,23H,7-8,12H2,1-2H3/t15-,16-,20-,21-/m0/s1. The molecule has 0 aliphatic heterocycles. The van der Waals surface area contributed by atoms with Crippen LogP contribution in [0.3, 0.4) is 0 Å². The van der Waals surface area contributed by atoms with Crippen LogP contribution >= 0.6 is 11.6 Å². The molecule has 4 rings (SSSR count). The molecule has 0 radical (unpaired) electrons. The molecule has 0 bridgehead atoms. The summed E-state index contributed by atoms with van der Waals surface area (Å²) in [5, 5.41) is 9.86. The van der Waals surface area contributed by atoms with Crippen molar-refractivity contribution < 1.29 is 5.11 Å². The van der Waals surface area contributed by atoms with E-state index >= 15 is 0 Å². The van der Waals surface area contributed by atoms with E-state index in [1.54, 1.807) is 5.57 Å². The lowest BCUT2D eigenvalue weighted by Crippen LogP contribution is -2.41. The van der Waals surface area contributed by atoms with Gasteiger partial charge in [-0.1, -0.05) is 66.6 Å². The minimum atomic E-state index is 0.0421. The number of aliphatic hydroxyl groups excluding tert-OH is 1. The highest BCUT2D eigenvalue weighted by Crippen LogP contribution is 2.62. The second-order valence-electron chi connectivity index (χ2n) is 7.64. The number of halogens is 1. The summed E-state index contributed by atoms with van der Waals surface area (Å²) in [4.78, 5) is 0. The minimum absolute atomic E-state index is 0.0421. The Morgan fingerprint density at radius 3 is 2.83 bits per heavy atom. The first-order chi connectivity index (χ1) is 11.0. The molecule has 0 saturated carbocycles. The number of allylic oxidation sites excluding steroid dienone is 11. The molecular formula is C21H23ClO. The normalized spacial score (nSPS) is 41.5. The third kappa shape index (κ3) is 1.92. The Hall–Kier alpha value is -1.47. The van der Waals surface area contributed by atoms with E-state index in [0.29, 0.717) is 16.9 Å². The zero-order valence-electron chi connectivity index (χ0n) is 13.7. The van der Waals surface area contributed by atoms with Crippen LogP contribution in [-0.4, -0.2) is 5.11 Å². The lowest BCUT2D eigenvalue weighted by atomic mass is 9.53. The molecule has 2 heteroatoms. The molecule has 0 fully saturated rings. The maximum atomic E-state index is 9.35. The van der Waals surface area contributed by atoms with E-state index in [2.05, 4.69) is 56.4 Å². The largest absolute Gasteiger partial charge is 0.514 e. The van der Waals surface area contributed by atoms with E-state index in [4.69, 9.17) is 11.6 Å². The van der Waals surface area contributed by atoms with Crippen LogP contribution in [0.1, 0.15) is 33.1 Å². The highest BCUT2D eigenvalue weighted by molar-refractivity contribution is 6.32. The van der Waals surface area contributed by atoms with Gasteiger partial charge in [-0.3, -0.25) is 0 Å². The van der Waals surface area contributed by atoms with Gasteiger partial charge in [-0.2, -0.15) is 0 Å². The first-order valence-corrected chi connectivity index (χ1v) is 8.86. The average Bonchev–Trinajstić information content (AvgIpc) is 2.91. The summed E-state index contributed by atoms with van der Waals surface area (Å²) < 4.78 is 0. The molecule has 1 N–H and O–H groups in total. The third-order valence-electron chi connectivity index (χ3n) is 6.62. The van der Waals surface area contributed by atoms with Crippen molar-refractivity contribution in [3.8, 4) is 0 Å². The van der Waals surface area contributed by atoms with Crippen molar-refractivity contribution in [2.45, 2.75) is 33.1 Å². The van der Waals surface area contributed by atoms with Crippen LogP contribution < -0.4 is 0 Å². The number of rotatable bonds is 1. The summed E-state index contributed by atoms with van der Waals surface area (Å²) in [7, 11) is 0. The summed E-state index contributed by atoms with van der Waals surface area (Å²) in [6.45, 7) is 4.66. The lowest BCUT2D eigenvalue weighted by molar-refractivity contribution is 0.168. The summed E-state index contributed by atoms with van der Waals surface area (Å²) >= 11 is 6.28. The molecule has 120 valence electrons. The van der Waals surface area contributed by atoms with Gasteiger partial charge in [0, 0.05) is 10.8 Å². The van der Waals surface area contributed by atoms with Crippen molar-refractivity contribution in [2.75, 3.05) is 0 Å². The van der Waals surface area contributed by atoms with Gasteiger partial charge >= 0.3 is 0 Å². The van der Waals surface area contributed by atoms with E-state index in [1.807, 2.05) is 0 Å². The van der Waals surface area contributed by atoms with Gasteiger partial charge in [0.1, 0.15) is 0 Å². The van der Waals surface area contributed by atoms with Crippen LogP contribution in [0.25, 0.3) is 0 Å². The number of fused-ring (bicyclic) bond motifs is 5. The van der Waals surface area contributed by atoms with Gasteiger partial charge in [0.2, 0.25) is 0 Å². The SMILES string of the molecule is C[C@]12C=CC=CC1=CC[C@@H]1C2=CC[C@]2(C)C(C(Cl)=CO)=CC[C@@H]12. The Kier molecular flexibility index (Phi) is 3.29. The van der Waals surface area contributed by atoms with Crippen LogP contribution in [0.2, 0.25) is 0 Å². The highest BCUT2D eigenvalue weighted by atomic mass is 35.5. The van der Waals surface area contributed by atoms with E-state index in [9.17, 15) is 5.11 Å². The topological polar surface area (TPSA) is 20.2 Å². The van der Waals surface area contributed by atoms with Crippen LogP contribution in [0.5, 0.6) is 0 Å². The zero-order chi connectivity index (χ0) is 16.2. The number of hydrogen-bond acceptors (Lipinski definition) is 1. The van der Waals surface area contributed by atoms with Gasteiger partial charge in [-0.15, -0.1) is 0 Å². The maximum Gasteiger partial charge on any atom is 0.0980 e. The second kappa shape index (κ2) is 5.01. The van der Waals surface area contributed by atoms with Crippen molar-refractivity contribution in [2.24, 2.45) is 22.7 Å². The summed E-state index contributed by atoms with van der Waals surface area (Å²) in [6.07, 6.45) is 20.3. The quantitative estimate of drug-likeness (QED) is 0.464. The summed E-state index contributed by atoms with van der Waals surface area (Å²) in [6, 6.07) is 0. The van der Waals surface area contributed by atoms with Crippen LogP contribution in [0.4, 0.5) is 0 Å². The van der Waals surface area contributed by atoms with E-state index < -0.39 is 0 Å². The molecule has 0 amide bonds. The average molecular weight is 327 g/mol. The number of hydrogen-bond donors (Lipinski definition) is 1. The molecule has 0 heterocycles. The fourth-order valence-corrected chi connectivity index (χ4v) is 5.59. The molecule has 4 aliphatic carbocycles. The van der Waals surface area contributed by atoms with Gasteiger partial charge in [0.15, 0.2) is 0 Å². The fraction of sp³-hybridized carbons (Fsp3) is 0.429. The predicted octanol–water partition coefficient (Wildman–Crippen LogP) is 5.99. The Morgan fingerprint density at radius 2 is 2.04 bits per heavy atom. The fourth-order valence-electron chi connectivity index (χ4n) is 5.30. The Morgan fingerprint density at radius 1 is 1.22 bits per heavy atom. The zero-order valence-corrected chi connectivity index (χ0v) is 14.5. The molecular weight excluding hydrogens is 304 g/mol. The van der Waals surface area contributed by atoms with Crippen molar-refractivity contribution in [3.63, 3.8) is 0 Å². The predicted molar refractivity (Wildman–Crippen MR) is 96.1 cm³/mol. The Labute approximate surface area is 143 Å². The molecule has 0 aromatic heterocycles. The molecule has 0 aromatic rings. The van der Waals surface area contributed by atoms with Crippen LogP contribution in [0.15, 0.2) is 70.5 Å². The molecule has 1 nitrogen and oxygen atoms in total. The Bertz CT molecular complexity index is 733. The van der Waals surface area contributed by atoms with Gasteiger partial charge in [0.25, 0.3) is 0 Å². The summed E-state index contributed by atoms with van der Waals surface area (Å²) in [5.74, 6) is 1.13. The molecule has 0 unspecified atom stereocenters. The van der Waals surface area contributed by atoms with Crippen molar-refractivity contribution >= 4 is 11.6 Å². The molecule has 4 atom stereocenters. The smallest absolute Gasteiger partial charge is 0.0980 e. The molecule has 0 aromatic carbocycles. The second-order valence-corrected chi connectivity index (χ2v) is 8.05. The molecule has 4 aliphatic rings. The monoisotopic (exact) mass is 326 g/mol. The van der Waals surface area contributed by atoms with Gasteiger partial charge < -0.3 is 5.11 Å². The van der Waals surface area contributed by atoms with Gasteiger partial charge in [-0.25, -0.2) is 0 Å². The van der Waals surface area contributed by atoms with Crippen molar-refractivity contribution in [1.82, 2.24) is 0 Å². The summed E-state index contributed by atoms with van der Waals surface area (Å²) in [5.41, 5.74) is 4.24. The van der Waals surface area contributed by atoms with Crippen molar-refractivity contribution in [3.05, 3.63) is 70.5 Å². The van der Waals surface area contributed by atoms with Crippen molar-refractivity contribution in [1.29, 1.82) is 0 Å². The van der Waals surface area contributed by atoms with E-state index in [-0.39, 0.29) is 10.8 Å². The molecule has 0 saturated heterocycles. The number of aliphatic hydroxyl groups is 1. The lowest BCUT2D eigenvalue weighted by Gasteiger charge is -2.50. The minimum Gasteiger partial charge on any atom is -0.514 e. The molecule has 0 spiro atoms. The third-order valence-corrected chi connectivity index (χ3v) is 6.92. The van der Waals surface area contributed by atoms with E-state index in [1.165, 1.54) is 5.57 Å². The first kappa shape index (κ1) is 15.1. The van der Waals surface area contributed by atoms with Gasteiger partial charge in [-0.05, 0) is 49.2 Å². The first-order valence-electron chi connectivity index (χ1n) is 8.48. The van der Waals surface area contributed by atoms with Gasteiger partial charge in [0.05, 0.1) is 11.3 Å². The Balaban J connectivity index is 1.77. The molecule has 23 heavy (non-hydrogen) atoms. The maximum absolute atomic E-state index is 9.35. The highest BCUT2D eigenvalue weighted by Gasteiger charge is 2.52. The van der Waals surface area contributed by atoms with Crippen LogP contribution in [-0.2, 0) is 0 Å². The van der Waals surface area contributed by atoms with E-state index in [0.717, 1.165) is 31.1 Å².